The van der Waals surface area contributed by atoms with Crippen LogP contribution in [0.4, 0.5) is 4.79 Å². The van der Waals surface area contributed by atoms with E-state index in [1.807, 2.05) is 5.32 Å². The van der Waals surface area contributed by atoms with Crippen molar-refractivity contribution in [3.05, 3.63) is 53.6 Å². The first kappa shape index (κ1) is 26.6. The average molecular weight is 545 g/mol. The molecule has 4 rings (SSSR count). The van der Waals surface area contributed by atoms with Gasteiger partial charge in [0.15, 0.2) is 17.2 Å². The fourth-order valence-corrected chi connectivity index (χ4v) is 6.03. The minimum Gasteiger partial charge on any atom is -0.504 e. The molecule has 4 atom stereocenters. The molecule has 2 saturated heterocycles. The predicted molar refractivity (Wildman–Crippen MR) is 132 cm³/mol. The normalized spacial score (nSPS) is 22.0. The van der Waals surface area contributed by atoms with Gasteiger partial charge in [-0.1, -0.05) is 30.3 Å². The van der Waals surface area contributed by atoms with Crippen molar-refractivity contribution in [2.75, 3.05) is 0 Å². The van der Waals surface area contributed by atoms with E-state index >= 15 is 0 Å². The fraction of sp³-hybridized carbons (Fsp3) is 0.292. The average Bonchev–Trinajstić information content (AvgIpc) is 3.12. The number of urea groups is 1. The van der Waals surface area contributed by atoms with Crippen molar-refractivity contribution in [1.29, 1.82) is 0 Å². The number of carbonyl (C=O) groups is 5. The largest absolute Gasteiger partial charge is 0.504 e. The molecule has 2 aliphatic heterocycles. The maximum Gasteiger partial charge on any atom is 0.327 e. The van der Waals surface area contributed by atoms with E-state index in [0.717, 1.165) is 12.1 Å². The molecule has 14 heteroatoms. The number of carboxylic acids is 1. The van der Waals surface area contributed by atoms with Crippen molar-refractivity contribution in [3.8, 4) is 17.2 Å². The minimum absolute atomic E-state index is 0.332. The summed E-state index contributed by atoms with van der Waals surface area (Å²) in [6, 6.07) is 5.15. The van der Waals surface area contributed by atoms with Crippen LogP contribution >= 0.6 is 11.8 Å². The van der Waals surface area contributed by atoms with Gasteiger partial charge in [0.2, 0.25) is 11.8 Å². The lowest BCUT2D eigenvalue weighted by Crippen LogP contribution is -2.71. The third kappa shape index (κ3) is 4.77. The Morgan fingerprint density at radius 1 is 1.03 bits per heavy atom. The number of phenols is 3. The van der Waals surface area contributed by atoms with Crippen LogP contribution in [0.1, 0.15) is 35.8 Å². The van der Waals surface area contributed by atoms with Gasteiger partial charge in [-0.3, -0.25) is 19.7 Å². The monoisotopic (exact) mass is 544 g/mol. The number of hydrogen-bond acceptors (Lipinski definition) is 9. The molecule has 0 aliphatic carbocycles. The lowest BCUT2D eigenvalue weighted by molar-refractivity contribution is -0.161. The van der Waals surface area contributed by atoms with Gasteiger partial charge >= 0.3 is 12.0 Å². The van der Waals surface area contributed by atoms with Gasteiger partial charge in [0.25, 0.3) is 5.91 Å². The number of phenolic OH excluding ortho intramolecular Hbond substituents is 3. The third-order valence-electron chi connectivity index (χ3n) is 6.20. The lowest BCUT2D eigenvalue weighted by atomic mass is 9.95. The zero-order chi connectivity index (χ0) is 27.9. The quantitative estimate of drug-likeness (QED) is 0.199. The summed E-state index contributed by atoms with van der Waals surface area (Å²) in [6.07, 6.45) is 0. The number of β-lactam (4-membered cyclic amide) rings is 1. The molecular weight excluding hydrogens is 520 g/mol. The zero-order valence-corrected chi connectivity index (χ0v) is 20.9. The summed E-state index contributed by atoms with van der Waals surface area (Å²) in [5.74, 6) is -5.93. The number of aliphatic carboxylic acids is 1. The number of carbonyl (C=O) groups excluding carboxylic acids is 4. The van der Waals surface area contributed by atoms with E-state index in [-0.39, 0.29) is 5.56 Å². The number of hydrogen-bond donors (Lipinski definition) is 7. The van der Waals surface area contributed by atoms with E-state index in [1.54, 1.807) is 44.2 Å². The van der Waals surface area contributed by atoms with Crippen LogP contribution in [0.2, 0.25) is 0 Å². The van der Waals surface area contributed by atoms with Crippen molar-refractivity contribution in [2.45, 2.75) is 42.1 Å². The molecule has 0 radical (unpaired) electrons. The van der Waals surface area contributed by atoms with Gasteiger partial charge in [-0.15, -0.1) is 11.8 Å². The maximum atomic E-state index is 13.2. The van der Waals surface area contributed by atoms with E-state index in [4.69, 9.17) is 0 Å². The number of fused-ring (bicyclic) bond motifs is 1. The van der Waals surface area contributed by atoms with E-state index in [2.05, 4.69) is 10.6 Å². The molecule has 2 aromatic carbocycles. The van der Waals surface area contributed by atoms with E-state index < -0.39 is 75.2 Å². The number of aromatic hydroxyl groups is 3. The van der Waals surface area contributed by atoms with Crippen molar-refractivity contribution in [3.63, 3.8) is 0 Å². The summed E-state index contributed by atoms with van der Waals surface area (Å²) in [6.45, 7) is 3.40. The molecular formula is C24H24N4O9S. The zero-order valence-electron chi connectivity index (χ0n) is 20.0. The highest BCUT2D eigenvalue weighted by molar-refractivity contribution is 8.01. The fourth-order valence-electron chi connectivity index (χ4n) is 4.41. The van der Waals surface area contributed by atoms with Crippen molar-refractivity contribution in [2.24, 2.45) is 0 Å². The molecule has 200 valence electrons. The molecule has 2 aliphatic rings. The van der Waals surface area contributed by atoms with Gasteiger partial charge in [0.05, 0.1) is 0 Å². The Kier molecular flexibility index (Phi) is 6.84. The molecule has 5 amide bonds. The molecule has 7 N–H and O–H groups in total. The van der Waals surface area contributed by atoms with Gasteiger partial charge in [0.1, 0.15) is 23.5 Å². The number of benzene rings is 2. The molecule has 13 nitrogen and oxygen atoms in total. The Balaban J connectivity index is 1.49. The summed E-state index contributed by atoms with van der Waals surface area (Å²) in [7, 11) is 0. The minimum atomic E-state index is -1.35. The van der Waals surface area contributed by atoms with Crippen LogP contribution in [0.5, 0.6) is 17.2 Å². The number of nitrogens with zero attached hydrogens (tertiary/aromatic N) is 1. The van der Waals surface area contributed by atoms with Crippen LogP contribution in [0, 0.1) is 0 Å². The second kappa shape index (κ2) is 9.78. The Morgan fingerprint density at radius 2 is 1.63 bits per heavy atom. The number of rotatable bonds is 6. The first-order valence-corrected chi connectivity index (χ1v) is 12.1. The van der Waals surface area contributed by atoms with Gasteiger partial charge in [-0.25, -0.2) is 9.59 Å². The van der Waals surface area contributed by atoms with Gasteiger partial charge in [-0.2, -0.15) is 0 Å². The van der Waals surface area contributed by atoms with Crippen LogP contribution in [0.25, 0.3) is 0 Å². The summed E-state index contributed by atoms with van der Waals surface area (Å²) >= 11 is 1.25. The van der Waals surface area contributed by atoms with Crippen molar-refractivity contribution >= 4 is 41.5 Å². The topological polar surface area (TPSA) is 206 Å². The van der Waals surface area contributed by atoms with Gasteiger partial charge < -0.3 is 36.0 Å². The molecule has 1 unspecified atom stereocenters. The summed E-state index contributed by atoms with van der Waals surface area (Å²) in [4.78, 5) is 64.0. The van der Waals surface area contributed by atoms with Crippen LogP contribution in [-0.4, -0.2) is 77.3 Å². The smallest absolute Gasteiger partial charge is 0.327 e. The number of nitrogens with one attached hydrogen (secondary N) is 3. The molecule has 2 heterocycles. The Morgan fingerprint density at radius 3 is 2.21 bits per heavy atom. The summed E-state index contributed by atoms with van der Waals surface area (Å²) < 4.78 is -0.792. The van der Waals surface area contributed by atoms with Crippen molar-refractivity contribution < 1.29 is 44.4 Å². The highest BCUT2D eigenvalue weighted by Crippen LogP contribution is 2.50. The molecule has 0 saturated carbocycles. The highest BCUT2D eigenvalue weighted by atomic mass is 32.2. The summed E-state index contributed by atoms with van der Waals surface area (Å²) in [5.41, 5.74) is -0.0124. The number of carboxylic acid groups (broad SMARTS) is 1. The Labute approximate surface area is 219 Å². The highest BCUT2D eigenvalue weighted by Gasteiger charge is 2.64. The van der Waals surface area contributed by atoms with Crippen LogP contribution < -0.4 is 16.0 Å². The lowest BCUT2D eigenvalue weighted by Gasteiger charge is -2.44. The molecule has 0 aromatic heterocycles. The second-order valence-corrected chi connectivity index (χ2v) is 11.0. The van der Waals surface area contributed by atoms with E-state index in [9.17, 15) is 44.4 Å². The standard InChI is InChI=1S/C24H24N4O9S/c1-24(2)17(22(35)36)28-20(34)15(21(28)38-24)25-19(33)14(10-6-4-3-5-7-10)26-23(37)27-18(32)11-8-12(29)16(31)13(30)9-11/h3-9,14-15,17,21,29-31H,1-2H3,(H,25,33)(H,35,36)(H2,26,27,32,37)/t14?,15-,17+,21-/m1/s1. The maximum absolute atomic E-state index is 13.2. The van der Waals surface area contributed by atoms with Crippen LogP contribution in [-0.2, 0) is 14.4 Å². The van der Waals surface area contributed by atoms with Gasteiger partial charge in [0, 0.05) is 10.3 Å². The molecule has 38 heavy (non-hydrogen) atoms. The van der Waals surface area contributed by atoms with Crippen LogP contribution in [0.15, 0.2) is 42.5 Å². The first-order valence-electron chi connectivity index (χ1n) is 11.3. The predicted octanol–water partition coefficient (Wildman–Crippen LogP) is 0.616. The molecule has 0 bridgehead atoms. The first-order chi connectivity index (χ1) is 17.8. The third-order valence-corrected chi connectivity index (χ3v) is 7.77. The van der Waals surface area contributed by atoms with Gasteiger partial charge in [-0.05, 0) is 31.5 Å². The second-order valence-electron chi connectivity index (χ2n) is 9.22. The van der Waals surface area contributed by atoms with E-state index in [0.29, 0.717) is 5.56 Å². The molecule has 2 fully saturated rings. The van der Waals surface area contributed by atoms with Crippen molar-refractivity contribution in [1.82, 2.24) is 20.9 Å². The number of thioether (sulfide) groups is 1. The Bertz CT molecular complexity index is 1310. The molecule has 2 aromatic rings. The van der Waals surface area contributed by atoms with E-state index in [1.165, 1.54) is 16.7 Å². The summed E-state index contributed by atoms with van der Waals surface area (Å²) in [5, 5.41) is 44.5. The number of imide groups is 1. The van der Waals surface area contributed by atoms with Crippen LogP contribution in [0.3, 0.4) is 0 Å². The Hall–Kier alpha value is -4.46. The molecule has 0 spiro atoms. The number of amides is 5. The SMILES string of the molecule is CC1(C)S[C@@H]2[C@H](NC(=O)C(NC(=O)NC(=O)c3cc(O)c(O)c(O)c3)c3ccccc3)C(=O)N2[C@H]1C(=O)O.